The molecule has 2 aromatic heterocycles. The molecule has 34 heavy (non-hydrogen) atoms. The van der Waals surface area contributed by atoms with Gasteiger partial charge in [-0.2, -0.15) is 25.2 Å². The first kappa shape index (κ1) is 23.0. The molecular formula is C23H23ClN8O2. The summed E-state index contributed by atoms with van der Waals surface area (Å²) in [6.45, 7) is 5.82. The van der Waals surface area contributed by atoms with Gasteiger partial charge in [-0.1, -0.05) is 29.3 Å². The second-order valence-electron chi connectivity index (χ2n) is 7.53. The quantitative estimate of drug-likeness (QED) is 0.261. The number of methoxy groups -OCH3 is 1. The first-order chi connectivity index (χ1) is 16.3. The summed E-state index contributed by atoms with van der Waals surface area (Å²) < 4.78 is 6.75. The van der Waals surface area contributed by atoms with E-state index in [1.54, 1.807) is 10.7 Å². The number of ether oxygens (including phenoxy) is 1. The lowest BCUT2D eigenvalue weighted by molar-refractivity contribution is 0.373. The van der Waals surface area contributed by atoms with Crippen molar-refractivity contribution in [2.45, 2.75) is 20.8 Å². The number of hydrazone groups is 1. The van der Waals surface area contributed by atoms with Gasteiger partial charge in [0.25, 0.3) is 5.95 Å². The van der Waals surface area contributed by atoms with Crippen LogP contribution in [0.3, 0.4) is 0 Å². The number of aromatic nitrogens is 5. The van der Waals surface area contributed by atoms with Gasteiger partial charge in [-0.15, -0.1) is 0 Å². The number of phenolic OH excluding ortho intramolecular Hbond substituents is 1. The molecular weight excluding hydrogens is 456 g/mol. The molecule has 0 bridgehead atoms. The molecule has 4 aromatic rings. The third-order valence-electron chi connectivity index (χ3n) is 4.79. The van der Waals surface area contributed by atoms with E-state index in [9.17, 15) is 5.11 Å². The Kier molecular flexibility index (Phi) is 6.60. The predicted molar refractivity (Wildman–Crippen MR) is 132 cm³/mol. The lowest BCUT2D eigenvalue weighted by atomic mass is 10.2. The Morgan fingerprint density at radius 2 is 1.76 bits per heavy atom. The average Bonchev–Trinajstić information content (AvgIpc) is 3.15. The number of aromatic hydroxyl groups is 1. The number of halogens is 1. The fourth-order valence-electron chi connectivity index (χ4n) is 3.17. The highest BCUT2D eigenvalue weighted by Crippen LogP contribution is 2.32. The van der Waals surface area contributed by atoms with Gasteiger partial charge in [0, 0.05) is 28.0 Å². The summed E-state index contributed by atoms with van der Waals surface area (Å²) in [4.78, 5) is 13.4. The van der Waals surface area contributed by atoms with Crippen molar-refractivity contribution in [2.75, 3.05) is 17.9 Å². The van der Waals surface area contributed by atoms with Gasteiger partial charge in [0.05, 0.1) is 19.0 Å². The predicted octanol–water partition coefficient (Wildman–Crippen LogP) is 4.54. The molecule has 0 aliphatic carbocycles. The molecule has 3 N–H and O–H groups in total. The number of nitrogens with zero attached hydrogens (tertiary/aromatic N) is 6. The van der Waals surface area contributed by atoms with Crippen molar-refractivity contribution < 1.29 is 9.84 Å². The zero-order valence-corrected chi connectivity index (χ0v) is 19.8. The largest absolute Gasteiger partial charge is 0.504 e. The number of rotatable bonds is 7. The van der Waals surface area contributed by atoms with Crippen LogP contribution in [-0.4, -0.2) is 43.2 Å². The number of anilines is 3. The first-order valence-corrected chi connectivity index (χ1v) is 10.7. The Balaban J connectivity index is 1.66. The lowest BCUT2D eigenvalue weighted by Crippen LogP contribution is -2.11. The Bertz CT molecular complexity index is 1350. The van der Waals surface area contributed by atoms with Crippen molar-refractivity contribution in [2.24, 2.45) is 5.10 Å². The fourth-order valence-corrected chi connectivity index (χ4v) is 3.39. The number of hydrogen-bond acceptors (Lipinski definition) is 9. The smallest absolute Gasteiger partial charge is 0.257 e. The summed E-state index contributed by atoms with van der Waals surface area (Å²) in [6, 6.07) is 12.8. The minimum Gasteiger partial charge on any atom is -0.504 e. The van der Waals surface area contributed by atoms with Gasteiger partial charge in [0.15, 0.2) is 11.5 Å². The van der Waals surface area contributed by atoms with Crippen molar-refractivity contribution in [1.82, 2.24) is 24.7 Å². The summed E-state index contributed by atoms with van der Waals surface area (Å²) in [5.74, 6) is 0.965. The van der Waals surface area contributed by atoms with Crippen molar-refractivity contribution in [3.8, 4) is 17.4 Å². The van der Waals surface area contributed by atoms with E-state index in [4.69, 9.17) is 16.3 Å². The molecule has 0 unspecified atom stereocenters. The summed E-state index contributed by atoms with van der Waals surface area (Å²) in [6.07, 6.45) is 1.39. The summed E-state index contributed by atoms with van der Waals surface area (Å²) >= 11 is 6.09. The molecule has 2 aromatic carbocycles. The lowest BCUT2D eigenvalue weighted by Gasteiger charge is -2.10. The van der Waals surface area contributed by atoms with Gasteiger partial charge >= 0.3 is 0 Å². The Morgan fingerprint density at radius 3 is 2.44 bits per heavy atom. The van der Waals surface area contributed by atoms with E-state index in [-0.39, 0.29) is 17.4 Å². The van der Waals surface area contributed by atoms with E-state index in [2.05, 4.69) is 35.9 Å². The number of aryl methyl sites for hydroxylation is 3. The molecule has 2 heterocycles. The van der Waals surface area contributed by atoms with Crippen LogP contribution in [0.2, 0.25) is 5.02 Å². The number of benzene rings is 2. The normalized spacial score (nSPS) is 11.1. The van der Waals surface area contributed by atoms with Crippen LogP contribution >= 0.6 is 11.6 Å². The number of nitrogens with one attached hydrogen (secondary N) is 2. The third-order valence-corrected chi connectivity index (χ3v) is 5.01. The molecule has 0 saturated carbocycles. The van der Waals surface area contributed by atoms with Crippen LogP contribution in [0.1, 0.15) is 22.5 Å². The number of phenols is 1. The van der Waals surface area contributed by atoms with Crippen molar-refractivity contribution in [3.63, 3.8) is 0 Å². The topological polar surface area (TPSA) is 122 Å². The first-order valence-electron chi connectivity index (χ1n) is 10.3. The van der Waals surface area contributed by atoms with Gasteiger partial charge in [-0.3, -0.25) is 0 Å². The molecule has 0 fully saturated rings. The Hall–Kier alpha value is -4.18. The minimum absolute atomic E-state index is 0.0850. The average molecular weight is 479 g/mol. The number of hydrogen-bond donors (Lipinski definition) is 3. The van der Waals surface area contributed by atoms with Crippen LogP contribution < -0.4 is 15.5 Å². The monoisotopic (exact) mass is 478 g/mol. The Labute approximate surface area is 201 Å². The van der Waals surface area contributed by atoms with Crippen LogP contribution in [0.15, 0.2) is 47.6 Å². The van der Waals surface area contributed by atoms with Crippen LogP contribution in [0.5, 0.6) is 11.5 Å². The van der Waals surface area contributed by atoms with E-state index >= 15 is 0 Å². The summed E-state index contributed by atoms with van der Waals surface area (Å²) in [5, 5.41) is 22.5. The van der Waals surface area contributed by atoms with Crippen LogP contribution in [-0.2, 0) is 0 Å². The maximum Gasteiger partial charge on any atom is 0.257 e. The molecule has 0 atom stereocenters. The highest BCUT2D eigenvalue weighted by Gasteiger charge is 2.13. The summed E-state index contributed by atoms with van der Waals surface area (Å²) in [7, 11) is 1.44. The highest BCUT2D eigenvalue weighted by molar-refractivity contribution is 6.31. The Morgan fingerprint density at radius 1 is 1.03 bits per heavy atom. The van der Waals surface area contributed by atoms with E-state index < -0.39 is 0 Å². The molecule has 10 nitrogen and oxygen atoms in total. The van der Waals surface area contributed by atoms with Gasteiger partial charge in [-0.25, -0.2) is 10.1 Å². The van der Waals surface area contributed by atoms with Crippen molar-refractivity contribution in [1.29, 1.82) is 0 Å². The molecule has 11 heteroatoms. The standard InChI is InChI=1S/C23H23ClN8O2/c1-13-5-7-18(8-6-13)26-21-27-22(29-23(28-21)32-15(3)9-14(2)31-32)30-25-12-16-10-17(24)11-19(34-4)20(16)33/h5-12,33H,1-4H3,(H2,26,27,28,29,30)/b25-12+. The second-order valence-corrected chi connectivity index (χ2v) is 7.96. The zero-order valence-electron chi connectivity index (χ0n) is 19.0. The second kappa shape index (κ2) is 9.75. The maximum absolute atomic E-state index is 10.3. The van der Waals surface area contributed by atoms with Gasteiger partial charge in [0.1, 0.15) is 0 Å². The van der Waals surface area contributed by atoms with Crippen LogP contribution in [0, 0.1) is 20.8 Å². The van der Waals surface area contributed by atoms with Gasteiger partial charge in [-0.05, 0) is 45.0 Å². The van der Waals surface area contributed by atoms with Crippen LogP contribution in [0.25, 0.3) is 5.95 Å². The molecule has 174 valence electrons. The molecule has 0 aliphatic heterocycles. The van der Waals surface area contributed by atoms with Crippen molar-refractivity contribution in [3.05, 3.63) is 70.0 Å². The molecule has 0 amide bonds. The van der Waals surface area contributed by atoms with E-state index in [1.807, 2.05) is 51.1 Å². The third kappa shape index (κ3) is 5.24. The molecule has 0 saturated heterocycles. The molecule has 0 radical (unpaired) electrons. The molecule has 0 spiro atoms. The maximum atomic E-state index is 10.3. The van der Waals surface area contributed by atoms with Crippen LogP contribution in [0.4, 0.5) is 17.6 Å². The van der Waals surface area contributed by atoms with E-state index in [0.717, 1.165) is 22.6 Å². The SMILES string of the molecule is COc1cc(Cl)cc(/C=N/Nc2nc(Nc3ccc(C)cc3)nc(-n3nc(C)cc3C)n2)c1O. The van der Waals surface area contributed by atoms with E-state index in [1.165, 1.54) is 19.4 Å². The minimum atomic E-state index is -0.0850. The fraction of sp³-hybridized carbons (Fsp3) is 0.174. The molecule has 4 rings (SSSR count). The van der Waals surface area contributed by atoms with Gasteiger partial charge < -0.3 is 15.2 Å². The van der Waals surface area contributed by atoms with Gasteiger partial charge in [0.2, 0.25) is 11.9 Å². The summed E-state index contributed by atoms with van der Waals surface area (Å²) in [5.41, 5.74) is 6.81. The van der Waals surface area contributed by atoms with E-state index in [0.29, 0.717) is 22.5 Å². The zero-order chi connectivity index (χ0) is 24.2. The van der Waals surface area contributed by atoms with Crippen molar-refractivity contribution >= 4 is 35.4 Å². The molecule has 0 aliphatic rings. The highest BCUT2D eigenvalue weighted by atomic mass is 35.5.